The van der Waals surface area contributed by atoms with E-state index in [4.69, 9.17) is 10.00 Å². The number of nitrogens with zero attached hydrogens (tertiary/aromatic N) is 5. The van der Waals surface area contributed by atoms with Gasteiger partial charge in [-0.05, 0) is 26.3 Å². The van der Waals surface area contributed by atoms with Crippen molar-refractivity contribution in [1.29, 1.82) is 5.26 Å². The van der Waals surface area contributed by atoms with Crippen LogP contribution in [0.1, 0.15) is 43.8 Å². The zero-order chi connectivity index (χ0) is 15.5. The van der Waals surface area contributed by atoms with E-state index in [-0.39, 0.29) is 18.2 Å². The van der Waals surface area contributed by atoms with Crippen molar-refractivity contribution >= 4 is 5.82 Å². The normalized spacial score (nSPS) is 21.0. The Labute approximate surface area is 129 Å². The summed E-state index contributed by atoms with van der Waals surface area (Å²) in [6, 6.07) is 4.35. The van der Waals surface area contributed by atoms with Crippen LogP contribution in [0.15, 0.2) is 24.7 Å². The molecular formula is C15H18N6O. The number of hydrogen-bond acceptors (Lipinski definition) is 6. The van der Waals surface area contributed by atoms with Crippen LogP contribution in [-0.4, -0.2) is 32.4 Å². The number of rotatable bonds is 4. The third-order valence-corrected chi connectivity index (χ3v) is 3.67. The van der Waals surface area contributed by atoms with Gasteiger partial charge in [0.15, 0.2) is 5.69 Å². The van der Waals surface area contributed by atoms with Gasteiger partial charge in [-0.1, -0.05) is 0 Å². The monoisotopic (exact) mass is 298 g/mol. The predicted octanol–water partition coefficient (Wildman–Crippen LogP) is 2.07. The van der Waals surface area contributed by atoms with Gasteiger partial charge < -0.3 is 10.1 Å². The maximum atomic E-state index is 8.76. The molecule has 0 unspecified atom stereocenters. The molecule has 0 bridgehead atoms. The molecule has 3 rings (SSSR count). The molecule has 3 heterocycles. The highest BCUT2D eigenvalue weighted by molar-refractivity contribution is 5.35. The van der Waals surface area contributed by atoms with Crippen LogP contribution in [0.2, 0.25) is 0 Å². The summed E-state index contributed by atoms with van der Waals surface area (Å²) in [4.78, 5) is 8.24. The number of ether oxygens (including phenoxy) is 1. The van der Waals surface area contributed by atoms with E-state index in [0.717, 1.165) is 12.1 Å². The number of nitrogens with one attached hydrogen (secondary N) is 1. The smallest absolute Gasteiger partial charge is 0.158 e. The first kappa shape index (κ1) is 14.5. The van der Waals surface area contributed by atoms with E-state index >= 15 is 0 Å². The molecule has 22 heavy (non-hydrogen) atoms. The summed E-state index contributed by atoms with van der Waals surface area (Å²) >= 11 is 0. The molecule has 0 radical (unpaired) electrons. The maximum Gasteiger partial charge on any atom is 0.158 e. The molecule has 2 aromatic rings. The molecule has 1 aliphatic heterocycles. The number of nitriles is 1. The highest BCUT2D eigenvalue weighted by Crippen LogP contribution is 2.32. The lowest BCUT2D eigenvalue weighted by atomic mass is 10.1. The third kappa shape index (κ3) is 2.78. The SMILES string of the molecule is CC(C)n1nccc1[C@H]1OCC[C@@H]1Nc1cnc(C#N)cn1. The summed E-state index contributed by atoms with van der Waals surface area (Å²) in [6.45, 7) is 4.88. The molecule has 0 amide bonds. The topological polar surface area (TPSA) is 88.6 Å². The van der Waals surface area contributed by atoms with E-state index < -0.39 is 0 Å². The van der Waals surface area contributed by atoms with Crippen LogP contribution in [0.25, 0.3) is 0 Å². The molecule has 0 spiro atoms. The van der Waals surface area contributed by atoms with E-state index in [1.165, 1.54) is 6.20 Å². The molecule has 2 aromatic heterocycles. The average Bonchev–Trinajstić information content (AvgIpc) is 3.16. The van der Waals surface area contributed by atoms with Gasteiger partial charge in [0.2, 0.25) is 0 Å². The first-order valence-corrected chi connectivity index (χ1v) is 7.32. The molecule has 2 atom stereocenters. The van der Waals surface area contributed by atoms with E-state index in [0.29, 0.717) is 18.1 Å². The maximum absolute atomic E-state index is 8.76. The molecule has 1 fully saturated rings. The minimum atomic E-state index is -0.0673. The molecule has 7 nitrogen and oxygen atoms in total. The Morgan fingerprint density at radius 1 is 1.41 bits per heavy atom. The van der Waals surface area contributed by atoms with Crippen molar-refractivity contribution in [2.45, 2.75) is 38.5 Å². The lowest BCUT2D eigenvalue weighted by Crippen LogP contribution is -2.26. The second-order valence-corrected chi connectivity index (χ2v) is 5.52. The average molecular weight is 298 g/mol. The minimum absolute atomic E-state index is 0.0673. The van der Waals surface area contributed by atoms with Crippen molar-refractivity contribution in [3.05, 3.63) is 36.0 Å². The van der Waals surface area contributed by atoms with Gasteiger partial charge in [-0.15, -0.1) is 0 Å². The fourth-order valence-electron chi connectivity index (χ4n) is 2.66. The lowest BCUT2D eigenvalue weighted by molar-refractivity contribution is 0.0988. The van der Waals surface area contributed by atoms with Crippen molar-refractivity contribution in [1.82, 2.24) is 19.7 Å². The van der Waals surface area contributed by atoms with E-state index in [1.54, 1.807) is 12.4 Å². The highest BCUT2D eigenvalue weighted by atomic mass is 16.5. The lowest BCUT2D eigenvalue weighted by Gasteiger charge is -2.22. The van der Waals surface area contributed by atoms with Crippen LogP contribution in [0, 0.1) is 11.3 Å². The Morgan fingerprint density at radius 2 is 2.27 bits per heavy atom. The van der Waals surface area contributed by atoms with Crippen LogP contribution in [0.4, 0.5) is 5.82 Å². The van der Waals surface area contributed by atoms with Crippen molar-refractivity contribution in [2.24, 2.45) is 0 Å². The fraction of sp³-hybridized carbons (Fsp3) is 0.467. The standard InChI is InChI=1S/C15H18N6O/c1-10(2)21-13(3-5-19-21)15-12(4-6-22-15)20-14-9-17-11(7-16)8-18-14/h3,5,8-10,12,15H,4,6H2,1-2H3,(H,18,20)/t12-,15-/m0/s1. The van der Waals surface area contributed by atoms with Gasteiger partial charge >= 0.3 is 0 Å². The highest BCUT2D eigenvalue weighted by Gasteiger charge is 2.32. The second kappa shape index (κ2) is 6.12. The molecule has 114 valence electrons. The van der Waals surface area contributed by atoms with E-state index in [1.807, 2.05) is 16.8 Å². The second-order valence-electron chi connectivity index (χ2n) is 5.52. The largest absolute Gasteiger partial charge is 0.370 e. The molecular weight excluding hydrogens is 280 g/mol. The Kier molecular flexibility index (Phi) is 4.02. The summed E-state index contributed by atoms with van der Waals surface area (Å²) < 4.78 is 7.88. The summed E-state index contributed by atoms with van der Waals surface area (Å²) in [6.07, 6.45) is 5.66. The van der Waals surface area contributed by atoms with Gasteiger partial charge in [0.25, 0.3) is 0 Å². The van der Waals surface area contributed by atoms with Crippen molar-refractivity contribution in [3.63, 3.8) is 0 Å². The first-order valence-electron chi connectivity index (χ1n) is 7.32. The van der Waals surface area contributed by atoms with E-state index in [9.17, 15) is 0 Å². The molecule has 0 saturated carbocycles. The van der Waals surface area contributed by atoms with Gasteiger partial charge in [-0.25, -0.2) is 9.97 Å². The molecule has 1 aliphatic rings. The summed E-state index contributed by atoms with van der Waals surface area (Å²) in [5.74, 6) is 0.648. The zero-order valence-electron chi connectivity index (χ0n) is 12.6. The number of aromatic nitrogens is 4. The zero-order valence-corrected chi connectivity index (χ0v) is 12.6. The number of hydrogen-bond donors (Lipinski definition) is 1. The first-order chi connectivity index (χ1) is 10.7. The minimum Gasteiger partial charge on any atom is -0.370 e. The van der Waals surface area contributed by atoms with Crippen LogP contribution < -0.4 is 5.32 Å². The third-order valence-electron chi connectivity index (χ3n) is 3.67. The Hall–Kier alpha value is -2.46. The fourth-order valence-corrected chi connectivity index (χ4v) is 2.66. The van der Waals surface area contributed by atoms with Crippen LogP contribution in [-0.2, 0) is 4.74 Å². The number of anilines is 1. The Bertz CT molecular complexity index is 672. The van der Waals surface area contributed by atoms with Gasteiger partial charge in [0.1, 0.15) is 18.0 Å². The van der Waals surface area contributed by atoms with Crippen LogP contribution >= 0.6 is 0 Å². The molecule has 0 aliphatic carbocycles. The van der Waals surface area contributed by atoms with Crippen molar-refractivity contribution < 1.29 is 4.74 Å². The molecule has 1 saturated heterocycles. The van der Waals surface area contributed by atoms with Gasteiger partial charge in [0.05, 0.1) is 24.1 Å². The van der Waals surface area contributed by atoms with Crippen LogP contribution in [0.5, 0.6) is 0 Å². The quantitative estimate of drug-likeness (QED) is 0.929. The molecule has 0 aromatic carbocycles. The van der Waals surface area contributed by atoms with Gasteiger partial charge in [-0.3, -0.25) is 4.68 Å². The van der Waals surface area contributed by atoms with Crippen molar-refractivity contribution in [3.8, 4) is 6.07 Å². The summed E-state index contributed by atoms with van der Waals surface area (Å²) in [5, 5.41) is 16.5. The van der Waals surface area contributed by atoms with Gasteiger partial charge in [0, 0.05) is 18.8 Å². The Morgan fingerprint density at radius 3 is 2.95 bits per heavy atom. The van der Waals surface area contributed by atoms with E-state index in [2.05, 4.69) is 34.2 Å². The predicted molar refractivity (Wildman–Crippen MR) is 80.1 cm³/mol. The van der Waals surface area contributed by atoms with Gasteiger partial charge in [-0.2, -0.15) is 10.4 Å². The van der Waals surface area contributed by atoms with Crippen LogP contribution in [0.3, 0.4) is 0 Å². The molecule has 1 N–H and O–H groups in total. The summed E-state index contributed by atoms with van der Waals surface area (Å²) in [7, 11) is 0. The summed E-state index contributed by atoms with van der Waals surface area (Å²) in [5.41, 5.74) is 1.37. The Balaban J connectivity index is 1.78. The van der Waals surface area contributed by atoms with Crippen molar-refractivity contribution in [2.75, 3.05) is 11.9 Å². The molecule has 7 heteroatoms.